The number of hydrogen-bond acceptors (Lipinski definition) is 4. The van der Waals surface area contributed by atoms with Crippen molar-refractivity contribution in [3.63, 3.8) is 0 Å². The zero-order valence-corrected chi connectivity index (χ0v) is 15.4. The number of para-hydroxylation sites is 1. The van der Waals surface area contributed by atoms with Crippen molar-refractivity contribution in [2.24, 2.45) is 0 Å². The fraction of sp³-hybridized carbons (Fsp3) is 0.182. The lowest BCUT2D eigenvalue weighted by Crippen LogP contribution is -2.20. The van der Waals surface area contributed by atoms with E-state index in [1.807, 2.05) is 73.5 Å². The Labute approximate surface area is 158 Å². The van der Waals surface area contributed by atoms with E-state index in [9.17, 15) is 10.1 Å². The maximum atomic E-state index is 13.0. The number of nitrogens with zero attached hydrogens (tertiary/aromatic N) is 2. The second-order valence-corrected chi connectivity index (χ2v) is 6.41. The maximum absolute atomic E-state index is 13.0. The topological polar surface area (TPSA) is 80.1 Å². The number of aliphatic hydroxyl groups excluding tert-OH is 1. The average Bonchev–Trinajstić information content (AvgIpc) is 3.02. The number of fused-ring (bicyclic) bond motifs is 1. The minimum atomic E-state index is -0.283. The number of benzene rings is 2. The van der Waals surface area contributed by atoms with E-state index in [4.69, 9.17) is 5.11 Å². The van der Waals surface area contributed by atoms with Crippen molar-refractivity contribution in [3.8, 4) is 6.07 Å². The van der Waals surface area contributed by atoms with Crippen molar-refractivity contribution < 1.29 is 9.90 Å². The lowest BCUT2D eigenvalue weighted by Gasteiger charge is -2.17. The molecule has 0 atom stereocenters. The van der Waals surface area contributed by atoms with Crippen molar-refractivity contribution in [1.82, 2.24) is 4.98 Å². The Bertz CT molecular complexity index is 1040. The standard InChI is InChI=1S/C22H21N3O2/c1-15-21(19-5-3-4-6-20(19)24-15)22(27)17(14-23)13-16-7-9-18(10-8-16)25(2)11-12-26/h3-10,13,24,26H,11-12H2,1-2H3. The van der Waals surface area contributed by atoms with Gasteiger partial charge >= 0.3 is 0 Å². The molecular weight excluding hydrogens is 338 g/mol. The van der Waals surface area contributed by atoms with Crippen molar-refractivity contribution >= 4 is 28.4 Å². The smallest absolute Gasteiger partial charge is 0.205 e. The summed E-state index contributed by atoms with van der Waals surface area (Å²) >= 11 is 0. The molecule has 2 N–H and O–H groups in total. The van der Waals surface area contributed by atoms with Crippen LogP contribution in [0.15, 0.2) is 54.1 Å². The number of nitriles is 1. The molecule has 0 amide bonds. The molecule has 1 aromatic heterocycles. The summed E-state index contributed by atoms with van der Waals surface area (Å²) in [4.78, 5) is 18.1. The predicted molar refractivity (Wildman–Crippen MR) is 108 cm³/mol. The number of aromatic amines is 1. The molecule has 0 aliphatic heterocycles. The van der Waals surface area contributed by atoms with Crippen LogP contribution in [-0.2, 0) is 0 Å². The summed E-state index contributed by atoms with van der Waals surface area (Å²) in [6.45, 7) is 2.46. The summed E-state index contributed by atoms with van der Waals surface area (Å²) in [5, 5.41) is 19.4. The Morgan fingerprint density at radius 1 is 1.22 bits per heavy atom. The van der Waals surface area contributed by atoms with Crippen LogP contribution in [0.1, 0.15) is 21.6 Å². The van der Waals surface area contributed by atoms with E-state index in [1.54, 1.807) is 6.08 Å². The molecule has 0 fully saturated rings. The van der Waals surface area contributed by atoms with Crippen molar-refractivity contribution in [2.45, 2.75) is 6.92 Å². The number of anilines is 1. The number of ketones is 1. The third-order valence-electron chi connectivity index (χ3n) is 4.57. The molecular formula is C22H21N3O2. The number of nitrogens with one attached hydrogen (secondary N) is 1. The first kappa shape index (κ1) is 18.4. The average molecular weight is 359 g/mol. The van der Waals surface area contributed by atoms with Crippen LogP contribution < -0.4 is 4.90 Å². The summed E-state index contributed by atoms with van der Waals surface area (Å²) in [5.41, 5.74) is 4.00. The number of rotatable bonds is 6. The Morgan fingerprint density at radius 3 is 2.59 bits per heavy atom. The van der Waals surface area contributed by atoms with E-state index in [1.165, 1.54) is 0 Å². The van der Waals surface area contributed by atoms with Crippen LogP contribution in [0.2, 0.25) is 0 Å². The molecule has 136 valence electrons. The van der Waals surface area contributed by atoms with Gasteiger partial charge in [0.25, 0.3) is 0 Å². The number of allylic oxidation sites excluding steroid dienone is 1. The number of carbonyl (C=O) groups is 1. The van der Waals surface area contributed by atoms with E-state index >= 15 is 0 Å². The quantitative estimate of drug-likeness (QED) is 0.400. The van der Waals surface area contributed by atoms with Crippen LogP contribution in [0.4, 0.5) is 5.69 Å². The van der Waals surface area contributed by atoms with Crippen LogP contribution in [0.5, 0.6) is 0 Å². The molecule has 0 unspecified atom stereocenters. The molecule has 27 heavy (non-hydrogen) atoms. The number of aliphatic hydroxyl groups is 1. The molecule has 0 spiro atoms. The fourth-order valence-corrected chi connectivity index (χ4v) is 3.12. The van der Waals surface area contributed by atoms with Gasteiger partial charge in [-0.25, -0.2) is 0 Å². The Balaban J connectivity index is 1.93. The van der Waals surface area contributed by atoms with Gasteiger partial charge in [0.2, 0.25) is 5.78 Å². The molecule has 0 aliphatic rings. The SMILES string of the molecule is Cc1[nH]c2ccccc2c1C(=O)C(C#N)=Cc1ccc(N(C)CCO)cc1. The van der Waals surface area contributed by atoms with E-state index in [2.05, 4.69) is 4.98 Å². The van der Waals surface area contributed by atoms with Crippen LogP contribution in [0, 0.1) is 18.3 Å². The van der Waals surface area contributed by atoms with Crippen LogP contribution in [0.25, 0.3) is 17.0 Å². The third-order valence-corrected chi connectivity index (χ3v) is 4.57. The largest absolute Gasteiger partial charge is 0.395 e. The highest BCUT2D eigenvalue weighted by molar-refractivity contribution is 6.20. The molecule has 5 heteroatoms. The molecule has 3 rings (SSSR count). The Kier molecular flexibility index (Phi) is 5.39. The second kappa shape index (κ2) is 7.90. The monoisotopic (exact) mass is 359 g/mol. The number of aryl methyl sites for hydroxylation is 1. The lowest BCUT2D eigenvalue weighted by atomic mass is 9.99. The van der Waals surface area contributed by atoms with Gasteiger partial charge in [0, 0.05) is 35.9 Å². The first-order valence-electron chi connectivity index (χ1n) is 8.71. The molecule has 0 aliphatic carbocycles. The fourth-order valence-electron chi connectivity index (χ4n) is 3.12. The van der Waals surface area contributed by atoms with Crippen molar-refractivity contribution in [3.05, 3.63) is 70.9 Å². The minimum absolute atomic E-state index is 0.0786. The number of H-pyrrole nitrogens is 1. The molecule has 5 nitrogen and oxygen atoms in total. The van der Waals surface area contributed by atoms with Crippen molar-refractivity contribution in [1.29, 1.82) is 5.26 Å². The van der Waals surface area contributed by atoms with Gasteiger partial charge in [-0.2, -0.15) is 5.26 Å². The van der Waals surface area contributed by atoms with Gasteiger partial charge in [-0.3, -0.25) is 4.79 Å². The molecule has 1 heterocycles. The first-order valence-corrected chi connectivity index (χ1v) is 8.71. The number of aromatic nitrogens is 1. The van der Waals surface area contributed by atoms with Gasteiger partial charge in [-0.15, -0.1) is 0 Å². The van der Waals surface area contributed by atoms with Gasteiger partial charge in [-0.1, -0.05) is 30.3 Å². The summed E-state index contributed by atoms with van der Waals surface area (Å²) in [7, 11) is 1.89. The summed E-state index contributed by atoms with van der Waals surface area (Å²) in [6.07, 6.45) is 1.61. The Morgan fingerprint density at radius 2 is 1.93 bits per heavy atom. The molecule has 3 aromatic rings. The lowest BCUT2D eigenvalue weighted by molar-refractivity contribution is 0.104. The van der Waals surface area contributed by atoms with Gasteiger partial charge in [-0.05, 0) is 36.8 Å². The first-order chi connectivity index (χ1) is 13.0. The van der Waals surface area contributed by atoms with Gasteiger partial charge in [0.15, 0.2) is 0 Å². The van der Waals surface area contributed by atoms with Crippen LogP contribution in [-0.4, -0.2) is 36.1 Å². The van der Waals surface area contributed by atoms with Crippen LogP contribution >= 0.6 is 0 Å². The van der Waals surface area contributed by atoms with Gasteiger partial charge in [0.05, 0.1) is 12.2 Å². The normalized spacial score (nSPS) is 11.4. The van der Waals surface area contributed by atoms with E-state index in [-0.39, 0.29) is 18.0 Å². The molecule has 0 saturated carbocycles. The highest BCUT2D eigenvalue weighted by Crippen LogP contribution is 2.25. The van der Waals surface area contributed by atoms with E-state index in [0.29, 0.717) is 12.1 Å². The summed E-state index contributed by atoms with van der Waals surface area (Å²) in [6, 6.07) is 17.1. The third kappa shape index (κ3) is 3.76. The molecule has 0 saturated heterocycles. The number of likely N-dealkylation sites (N-methyl/N-ethyl adjacent to an activating group) is 1. The van der Waals surface area contributed by atoms with E-state index < -0.39 is 0 Å². The number of carbonyl (C=O) groups excluding carboxylic acids is 1. The molecule has 0 radical (unpaired) electrons. The number of hydrogen-bond donors (Lipinski definition) is 2. The number of Topliss-reactive ketones (excluding diaryl/α,β-unsaturated/α-hetero) is 1. The Hall–Kier alpha value is -3.36. The highest BCUT2D eigenvalue weighted by Gasteiger charge is 2.19. The van der Waals surface area contributed by atoms with Crippen LogP contribution in [0.3, 0.4) is 0 Å². The summed E-state index contributed by atoms with van der Waals surface area (Å²) in [5.74, 6) is -0.283. The van der Waals surface area contributed by atoms with Gasteiger partial charge < -0.3 is 15.0 Å². The van der Waals surface area contributed by atoms with Crippen molar-refractivity contribution in [2.75, 3.05) is 25.1 Å². The van der Waals surface area contributed by atoms with E-state index in [0.717, 1.165) is 27.8 Å². The zero-order chi connectivity index (χ0) is 19.4. The highest BCUT2D eigenvalue weighted by atomic mass is 16.3. The molecule has 0 bridgehead atoms. The minimum Gasteiger partial charge on any atom is -0.395 e. The zero-order valence-electron chi connectivity index (χ0n) is 15.4. The predicted octanol–water partition coefficient (Wildman–Crippen LogP) is 3.69. The summed E-state index contributed by atoms with van der Waals surface area (Å²) < 4.78 is 0. The maximum Gasteiger partial charge on any atom is 0.205 e. The second-order valence-electron chi connectivity index (χ2n) is 6.41. The van der Waals surface area contributed by atoms with Gasteiger partial charge in [0.1, 0.15) is 11.6 Å². The molecule has 2 aromatic carbocycles.